The average molecular weight is 303 g/mol. The lowest BCUT2D eigenvalue weighted by Crippen LogP contribution is -2.43. The van der Waals surface area contributed by atoms with Crippen molar-refractivity contribution < 1.29 is 9.90 Å². The Morgan fingerprint density at radius 3 is 2.86 bits per heavy atom. The normalized spacial score (nSPS) is 21.4. The fraction of sp³-hybridized carbons (Fsp3) is 0.588. The van der Waals surface area contributed by atoms with Gasteiger partial charge in [-0.3, -0.25) is 0 Å². The first-order valence-electron chi connectivity index (χ1n) is 8.11. The molecule has 1 unspecified atom stereocenters. The number of amides is 2. The predicted octanol–water partition coefficient (Wildman–Crippen LogP) is 1.51. The first kappa shape index (κ1) is 15.2. The Kier molecular flexibility index (Phi) is 4.25. The largest absolute Gasteiger partial charge is 0.396 e. The molecular weight excluding hydrogens is 278 g/mol. The van der Waals surface area contributed by atoms with E-state index in [-0.39, 0.29) is 18.1 Å². The molecule has 0 spiro atoms. The van der Waals surface area contributed by atoms with Crippen molar-refractivity contribution in [2.24, 2.45) is 5.41 Å². The second-order valence-corrected chi connectivity index (χ2v) is 6.64. The van der Waals surface area contributed by atoms with Crippen LogP contribution in [0.25, 0.3) is 0 Å². The van der Waals surface area contributed by atoms with E-state index < -0.39 is 0 Å². The van der Waals surface area contributed by atoms with Gasteiger partial charge < -0.3 is 20.6 Å². The quantitative estimate of drug-likeness (QED) is 0.746. The van der Waals surface area contributed by atoms with Crippen LogP contribution < -0.4 is 15.5 Å². The molecule has 5 heteroatoms. The van der Waals surface area contributed by atoms with Crippen molar-refractivity contribution in [1.82, 2.24) is 10.6 Å². The van der Waals surface area contributed by atoms with Gasteiger partial charge in [-0.05, 0) is 37.8 Å². The number of urea groups is 1. The Bertz CT molecular complexity index is 542. The molecule has 22 heavy (non-hydrogen) atoms. The molecule has 0 radical (unpaired) electrons. The molecule has 1 aliphatic heterocycles. The van der Waals surface area contributed by atoms with Crippen LogP contribution in [0.5, 0.6) is 0 Å². The van der Waals surface area contributed by atoms with Gasteiger partial charge in [-0.25, -0.2) is 4.79 Å². The highest BCUT2D eigenvalue weighted by molar-refractivity contribution is 5.74. The van der Waals surface area contributed by atoms with Crippen LogP contribution >= 0.6 is 0 Å². The number of hydrogen-bond donors (Lipinski definition) is 3. The maximum Gasteiger partial charge on any atom is 0.314 e. The molecule has 1 aliphatic carbocycles. The van der Waals surface area contributed by atoms with Crippen molar-refractivity contribution in [2.45, 2.75) is 32.2 Å². The van der Waals surface area contributed by atoms with E-state index in [4.69, 9.17) is 0 Å². The van der Waals surface area contributed by atoms with E-state index in [0.29, 0.717) is 19.1 Å². The molecule has 1 aromatic carbocycles. The van der Waals surface area contributed by atoms with E-state index >= 15 is 0 Å². The number of aliphatic hydroxyl groups excluding tert-OH is 1. The second kappa shape index (κ2) is 6.16. The summed E-state index contributed by atoms with van der Waals surface area (Å²) >= 11 is 0. The maximum absolute atomic E-state index is 11.8. The Balaban J connectivity index is 1.42. The highest BCUT2D eigenvalue weighted by Crippen LogP contribution is 2.44. The van der Waals surface area contributed by atoms with Gasteiger partial charge in [-0.15, -0.1) is 0 Å². The van der Waals surface area contributed by atoms with Crippen molar-refractivity contribution in [2.75, 3.05) is 31.1 Å². The van der Waals surface area contributed by atoms with Crippen molar-refractivity contribution in [3.63, 3.8) is 0 Å². The van der Waals surface area contributed by atoms with Crippen LogP contribution in [0, 0.1) is 5.41 Å². The van der Waals surface area contributed by atoms with E-state index in [0.717, 1.165) is 25.8 Å². The molecule has 1 aromatic rings. The molecule has 0 bridgehead atoms. The monoisotopic (exact) mass is 303 g/mol. The van der Waals surface area contributed by atoms with Gasteiger partial charge in [-0.2, -0.15) is 0 Å². The third-order valence-electron chi connectivity index (χ3n) is 4.90. The minimum atomic E-state index is -0.139. The first-order chi connectivity index (χ1) is 10.6. The van der Waals surface area contributed by atoms with E-state index in [2.05, 4.69) is 46.7 Å². The second-order valence-electron chi connectivity index (χ2n) is 6.64. The Morgan fingerprint density at radius 1 is 1.36 bits per heavy atom. The summed E-state index contributed by atoms with van der Waals surface area (Å²) in [5.74, 6) is 0. The van der Waals surface area contributed by atoms with Crippen LogP contribution in [0.4, 0.5) is 10.5 Å². The number of fused-ring (bicyclic) bond motifs is 1. The molecule has 2 amide bonds. The Morgan fingerprint density at radius 2 is 2.14 bits per heavy atom. The van der Waals surface area contributed by atoms with E-state index in [1.165, 1.54) is 11.3 Å². The van der Waals surface area contributed by atoms with E-state index in [1.807, 2.05) is 0 Å². The SMILES string of the molecule is CC1Cc2ccccc2N1CCNC(=O)NCC1(CO)CC1. The summed E-state index contributed by atoms with van der Waals surface area (Å²) in [5, 5.41) is 15.0. The topological polar surface area (TPSA) is 64.6 Å². The standard InChI is InChI=1S/C17H25N3O2/c1-13-10-14-4-2-3-5-15(14)20(13)9-8-18-16(22)19-11-17(12-21)6-7-17/h2-5,13,21H,6-12H2,1H3,(H2,18,19,22). The summed E-state index contributed by atoms with van der Waals surface area (Å²) < 4.78 is 0. The first-order valence-corrected chi connectivity index (χ1v) is 8.11. The molecule has 0 saturated heterocycles. The van der Waals surface area contributed by atoms with Crippen LogP contribution in [0.3, 0.4) is 0 Å². The lowest BCUT2D eigenvalue weighted by atomic mass is 10.1. The van der Waals surface area contributed by atoms with Crippen molar-refractivity contribution in [3.05, 3.63) is 29.8 Å². The number of hydrogen-bond acceptors (Lipinski definition) is 3. The van der Waals surface area contributed by atoms with Gasteiger partial charge >= 0.3 is 6.03 Å². The predicted molar refractivity (Wildman–Crippen MR) is 87.1 cm³/mol. The number of rotatable bonds is 6. The average Bonchev–Trinajstić information content (AvgIpc) is 3.24. The summed E-state index contributed by atoms with van der Waals surface area (Å²) in [6.45, 7) is 4.39. The summed E-state index contributed by atoms with van der Waals surface area (Å²) in [7, 11) is 0. The minimum Gasteiger partial charge on any atom is -0.396 e. The molecule has 120 valence electrons. The Labute approximate surface area is 131 Å². The fourth-order valence-electron chi connectivity index (χ4n) is 3.16. The third-order valence-corrected chi connectivity index (χ3v) is 4.90. The number of para-hydroxylation sites is 1. The highest BCUT2D eigenvalue weighted by Gasteiger charge is 2.42. The summed E-state index contributed by atoms with van der Waals surface area (Å²) in [6, 6.07) is 8.81. The molecule has 5 nitrogen and oxygen atoms in total. The van der Waals surface area contributed by atoms with Crippen LogP contribution in [0.15, 0.2) is 24.3 Å². The lowest BCUT2D eigenvalue weighted by Gasteiger charge is -2.25. The highest BCUT2D eigenvalue weighted by atomic mass is 16.3. The number of anilines is 1. The zero-order valence-corrected chi connectivity index (χ0v) is 13.1. The molecule has 1 fully saturated rings. The van der Waals surface area contributed by atoms with E-state index in [1.54, 1.807) is 0 Å². The van der Waals surface area contributed by atoms with Gasteiger partial charge in [0.15, 0.2) is 0 Å². The van der Waals surface area contributed by atoms with Gasteiger partial charge in [0.05, 0.1) is 6.61 Å². The Hall–Kier alpha value is -1.75. The van der Waals surface area contributed by atoms with Gasteiger partial charge in [0.2, 0.25) is 0 Å². The number of aliphatic hydroxyl groups is 1. The minimum absolute atomic E-state index is 0.0419. The lowest BCUT2D eigenvalue weighted by molar-refractivity contribution is 0.203. The number of nitrogens with zero attached hydrogens (tertiary/aromatic N) is 1. The summed E-state index contributed by atoms with van der Waals surface area (Å²) in [4.78, 5) is 14.2. The van der Waals surface area contributed by atoms with Crippen molar-refractivity contribution >= 4 is 11.7 Å². The number of carbonyl (C=O) groups excluding carboxylic acids is 1. The van der Waals surface area contributed by atoms with Crippen LogP contribution in [-0.4, -0.2) is 43.4 Å². The van der Waals surface area contributed by atoms with Crippen molar-refractivity contribution in [1.29, 1.82) is 0 Å². The number of carbonyl (C=O) groups is 1. The fourth-order valence-corrected chi connectivity index (χ4v) is 3.16. The third kappa shape index (κ3) is 3.19. The van der Waals surface area contributed by atoms with E-state index in [9.17, 15) is 9.90 Å². The van der Waals surface area contributed by atoms with Crippen molar-refractivity contribution in [3.8, 4) is 0 Å². The van der Waals surface area contributed by atoms with Gasteiger partial charge in [-0.1, -0.05) is 18.2 Å². The van der Waals surface area contributed by atoms with Gasteiger partial charge in [0.1, 0.15) is 0 Å². The molecule has 1 atom stereocenters. The van der Waals surface area contributed by atoms with Crippen LogP contribution in [0.1, 0.15) is 25.3 Å². The maximum atomic E-state index is 11.8. The van der Waals surface area contributed by atoms with Crippen LogP contribution in [-0.2, 0) is 6.42 Å². The van der Waals surface area contributed by atoms with Crippen LogP contribution in [0.2, 0.25) is 0 Å². The zero-order chi connectivity index (χ0) is 15.6. The van der Waals surface area contributed by atoms with Gasteiger partial charge in [0.25, 0.3) is 0 Å². The summed E-state index contributed by atoms with van der Waals surface area (Å²) in [5.41, 5.74) is 2.63. The smallest absolute Gasteiger partial charge is 0.314 e. The molecule has 3 N–H and O–H groups in total. The summed E-state index contributed by atoms with van der Waals surface area (Å²) in [6.07, 6.45) is 3.08. The molecule has 3 rings (SSSR count). The zero-order valence-electron chi connectivity index (χ0n) is 13.1. The molecule has 0 aromatic heterocycles. The number of benzene rings is 1. The number of nitrogens with one attached hydrogen (secondary N) is 2. The molecule has 1 heterocycles. The van der Waals surface area contributed by atoms with Gasteiger partial charge in [0, 0.05) is 36.8 Å². The molecule has 2 aliphatic rings. The molecule has 1 saturated carbocycles. The molecular formula is C17H25N3O2.